The third-order valence-corrected chi connectivity index (χ3v) is 4.79. The predicted octanol–water partition coefficient (Wildman–Crippen LogP) is 1.51. The smallest absolute Gasteiger partial charge is 0.152 e. The highest BCUT2D eigenvalue weighted by atomic mass is 32.2. The number of aryl methyl sites for hydroxylation is 1. The van der Waals surface area contributed by atoms with Crippen molar-refractivity contribution in [1.29, 1.82) is 0 Å². The Morgan fingerprint density at radius 1 is 1.38 bits per heavy atom. The number of nitrogens with zero attached hydrogens (tertiary/aromatic N) is 3. The van der Waals surface area contributed by atoms with E-state index in [0.29, 0.717) is 0 Å². The van der Waals surface area contributed by atoms with Crippen molar-refractivity contribution in [3.8, 4) is 0 Å². The summed E-state index contributed by atoms with van der Waals surface area (Å²) in [5.74, 6) is 3.31. The molecule has 1 aromatic rings. The minimum atomic E-state index is 0.103. The van der Waals surface area contributed by atoms with Crippen molar-refractivity contribution in [1.82, 2.24) is 14.8 Å². The molecule has 0 spiro atoms. The molecular weight excluding hydrogens is 220 g/mol. The van der Waals surface area contributed by atoms with Crippen LogP contribution in [0, 0.1) is 0 Å². The summed E-state index contributed by atoms with van der Waals surface area (Å²) in [6.07, 6.45) is 5.88. The molecule has 0 bridgehead atoms. The summed E-state index contributed by atoms with van der Waals surface area (Å²) < 4.78 is 2.02. The Bertz CT molecular complexity index is 370. The van der Waals surface area contributed by atoms with Gasteiger partial charge in [0.25, 0.3) is 0 Å². The molecule has 4 nitrogen and oxygen atoms in total. The maximum absolute atomic E-state index is 6.04. The van der Waals surface area contributed by atoms with Crippen LogP contribution >= 0.6 is 11.8 Å². The van der Waals surface area contributed by atoms with Crippen LogP contribution in [0.1, 0.15) is 43.4 Å². The van der Waals surface area contributed by atoms with Crippen molar-refractivity contribution < 1.29 is 0 Å². The van der Waals surface area contributed by atoms with Crippen molar-refractivity contribution >= 4 is 11.8 Å². The van der Waals surface area contributed by atoms with Gasteiger partial charge in [0.1, 0.15) is 5.82 Å². The fourth-order valence-electron chi connectivity index (χ4n) is 2.53. The largest absolute Gasteiger partial charge is 0.321 e. The molecular formula is C11H18N4S. The van der Waals surface area contributed by atoms with Crippen LogP contribution in [0.2, 0.25) is 0 Å². The molecule has 2 atom stereocenters. The van der Waals surface area contributed by atoms with E-state index in [1.165, 1.54) is 18.6 Å². The summed E-state index contributed by atoms with van der Waals surface area (Å²) in [7, 11) is 0. The molecule has 0 saturated carbocycles. The van der Waals surface area contributed by atoms with Gasteiger partial charge in [-0.3, -0.25) is 0 Å². The molecule has 1 fully saturated rings. The average molecular weight is 238 g/mol. The van der Waals surface area contributed by atoms with Gasteiger partial charge in [-0.25, -0.2) is 9.67 Å². The molecule has 0 aliphatic carbocycles. The zero-order valence-electron chi connectivity index (χ0n) is 9.43. The Balaban J connectivity index is 1.75. The Morgan fingerprint density at radius 3 is 3.06 bits per heavy atom. The molecule has 16 heavy (non-hydrogen) atoms. The standard InChI is InChI=1S/C11H18N4S/c12-9-4-1-5-15-11(9)13-10(14-15)7-8-3-2-6-16-8/h8-9H,1-7,12H2. The molecule has 2 aliphatic heterocycles. The summed E-state index contributed by atoms with van der Waals surface area (Å²) in [6, 6.07) is 0.103. The van der Waals surface area contributed by atoms with Crippen LogP contribution in [0.4, 0.5) is 0 Å². The monoisotopic (exact) mass is 238 g/mol. The van der Waals surface area contributed by atoms with Crippen LogP contribution in [-0.4, -0.2) is 25.8 Å². The van der Waals surface area contributed by atoms with E-state index in [4.69, 9.17) is 5.73 Å². The van der Waals surface area contributed by atoms with Gasteiger partial charge >= 0.3 is 0 Å². The minimum Gasteiger partial charge on any atom is -0.321 e. The van der Waals surface area contributed by atoms with E-state index >= 15 is 0 Å². The van der Waals surface area contributed by atoms with Crippen molar-refractivity contribution in [3.63, 3.8) is 0 Å². The van der Waals surface area contributed by atoms with Crippen molar-refractivity contribution in [3.05, 3.63) is 11.6 Å². The second-order valence-corrected chi connectivity index (χ2v) is 6.11. The first kappa shape index (κ1) is 10.6. The fourth-order valence-corrected chi connectivity index (χ4v) is 3.79. The van der Waals surface area contributed by atoms with E-state index in [9.17, 15) is 0 Å². The summed E-state index contributed by atoms with van der Waals surface area (Å²) in [5, 5.41) is 5.31. The average Bonchev–Trinajstić information content (AvgIpc) is 2.88. The Labute approximate surface area is 100.0 Å². The SMILES string of the molecule is NC1CCCn2nc(CC3CCCS3)nc21. The van der Waals surface area contributed by atoms with Crippen molar-refractivity contribution in [2.75, 3.05) is 5.75 Å². The molecule has 2 N–H and O–H groups in total. The van der Waals surface area contributed by atoms with Crippen LogP contribution in [0.15, 0.2) is 0 Å². The predicted molar refractivity (Wildman–Crippen MR) is 65.4 cm³/mol. The first-order valence-electron chi connectivity index (χ1n) is 6.14. The van der Waals surface area contributed by atoms with Crippen molar-refractivity contribution in [2.45, 2.75) is 49.9 Å². The second-order valence-electron chi connectivity index (χ2n) is 4.70. The quantitative estimate of drug-likeness (QED) is 0.848. The highest BCUT2D eigenvalue weighted by Crippen LogP contribution is 2.29. The van der Waals surface area contributed by atoms with E-state index in [2.05, 4.69) is 21.8 Å². The summed E-state index contributed by atoms with van der Waals surface area (Å²) in [4.78, 5) is 4.61. The normalized spacial score (nSPS) is 29.3. The van der Waals surface area contributed by atoms with Crippen molar-refractivity contribution in [2.24, 2.45) is 5.73 Å². The van der Waals surface area contributed by atoms with Crippen LogP contribution in [0.3, 0.4) is 0 Å². The van der Waals surface area contributed by atoms with E-state index in [-0.39, 0.29) is 6.04 Å². The molecule has 0 aromatic carbocycles. The number of aromatic nitrogens is 3. The summed E-state index contributed by atoms with van der Waals surface area (Å²) in [5.41, 5.74) is 6.04. The summed E-state index contributed by atoms with van der Waals surface area (Å²) in [6.45, 7) is 0.994. The van der Waals surface area contributed by atoms with Gasteiger partial charge in [0.15, 0.2) is 5.82 Å². The molecule has 2 aliphatic rings. The maximum Gasteiger partial charge on any atom is 0.152 e. The lowest BCUT2D eigenvalue weighted by atomic mass is 10.1. The molecule has 1 saturated heterocycles. The van der Waals surface area contributed by atoms with Gasteiger partial charge < -0.3 is 5.73 Å². The highest BCUT2D eigenvalue weighted by Gasteiger charge is 2.23. The lowest BCUT2D eigenvalue weighted by molar-refractivity contribution is 0.421. The molecule has 0 radical (unpaired) electrons. The van der Waals surface area contributed by atoms with Gasteiger partial charge in [0.2, 0.25) is 0 Å². The number of fused-ring (bicyclic) bond motifs is 1. The third-order valence-electron chi connectivity index (χ3n) is 3.40. The van der Waals surface area contributed by atoms with Crippen LogP contribution in [0.5, 0.6) is 0 Å². The fraction of sp³-hybridized carbons (Fsp3) is 0.818. The van der Waals surface area contributed by atoms with E-state index in [0.717, 1.165) is 42.7 Å². The Kier molecular flexibility index (Phi) is 2.90. The molecule has 5 heteroatoms. The third kappa shape index (κ3) is 1.98. The number of hydrogen-bond acceptors (Lipinski definition) is 4. The lowest BCUT2D eigenvalue weighted by Gasteiger charge is -2.17. The van der Waals surface area contributed by atoms with Gasteiger partial charge in [-0.2, -0.15) is 16.9 Å². The Hall–Kier alpha value is -0.550. The molecule has 1 aromatic heterocycles. The molecule has 2 unspecified atom stereocenters. The number of thioether (sulfide) groups is 1. The first-order valence-corrected chi connectivity index (χ1v) is 7.18. The zero-order valence-corrected chi connectivity index (χ0v) is 10.2. The number of rotatable bonds is 2. The van der Waals surface area contributed by atoms with Gasteiger partial charge in [-0.15, -0.1) is 0 Å². The first-order chi connectivity index (χ1) is 7.83. The molecule has 88 valence electrons. The topological polar surface area (TPSA) is 56.7 Å². The molecule has 3 heterocycles. The van der Waals surface area contributed by atoms with Gasteiger partial charge in [0, 0.05) is 18.2 Å². The molecule has 0 amide bonds. The summed E-state index contributed by atoms with van der Waals surface area (Å²) >= 11 is 2.06. The highest BCUT2D eigenvalue weighted by molar-refractivity contribution is 8.00. The van der Waals surface area contributed by atoms with Crippen LogP contribution in [0.25, 0.3) is 0 Å². The number of hydrogen-bond donors (Lipinski definition) is 1. The Morgan fingerprint density at radius 2 is 2.31 bits per heavy atom. The van der Waals surface area contributed by atoms with E-state index < -0.39 is 0 Å². The van der Waals surface area contributed by atoms with Gasteiger partial charge in [-0.05, 0) is 31.4 Å². The zero-order chi connectivity index (χ0) is 11.0. The van der Waals surface area contributed by atoms with Gasteiger partial charge in [0.05, 0.1) is 6.04 Å². The van der Waals surface area contributed by atoms with Crippen LogP contribution < -0.4 is 5.73 Å². The lowest BCUT2D eigenvalue weighted by Crippen LogP contribution is -2.22. The van der Waals surface area contributed by atoms with E-state index in [1.54, 1.807) is 0 Å². The molecule has 3 rings (SSSR count). The second kappa shape index (κ2) is 4.37. The number of nitrogens with two attached hydrogens (primary N) is 1. The van der Waals surface area contributed by atoms with E-state index in [1.807, 2.05) is 4.68 Å². The maximum atomic E-state index is 6.04. The minimum absolute atomic E-state index is 0.103. The van der Waals surface area contributed by atoms with Gasteiger partial charge in [-0.1, -0.05) is 0 Å². The van der Waals surface area contributed by atoms with Crippen LogP contribution in [-0.2, 0) is 13.0 Å².